The lowest BCUT2D eigenvalue weighted by atomic mass is 9.85. The molecule has 2 bridgehead atoms. The van der Waals surface area contributed by atoms with E-state index in [9.17, 15) is 9.59 Å². The van der Waals surface area contributed by atoms with Gasteiger partial charge in [0.15, 0.2) is 0 Å². The number of nitrogens with zero attached hydrogens (tertiary/aromatic N) is 1. The van der Waals surface area contributed by atoms with Gasteiger partial charge in [0.2, 0.25) is 11.8 Å². The van der Waals surface area contributed by atoms with E-state index in [1.54, 1.807) is 0 Å². The Bertz CT molecular complexity index is 636. The molecule has 1 saturated carbocycles. The van der Waals surface area contributed by atoms with Crippen molar-refractivity contribution in [3.63, 3.8) is 0 Å². The van der Waals surface area contributed by atoms with Gasteiger partial charge in [0.1, 0.15) is 0 Å². The van der Waals surface area contributed by atoms with E-state index in [1.165, 1.54) is 4.90 Å². The van der Waals surface area contributed by atoms with E-state index in [0.717, 1.165) is 16.5 Å². The van der Waals surface area contributed by atoms with Crippen molar-refractivity contribution in [3.8, 4) is 0 Å². The highest BCUT2D eigenvalue weighted by molar-refractivity contribution is 9.10. The summed E-state index contributed by atoms with van der Waals surface area (Å²) in [4.78, 5) is 26.7. The topological polar surface area (TPSA) is 37.4 Å². The van der Waals surface area contributed by atoms with E-state index in [0.29, 0.717) is 5.69 Å². The molecule has 1 aliphatic heterocycles. The van der Waals surface area contributed by atoms with Gasteiger partial charge in [-0.25, -0.2) is 0 Å². The molecule has 0 radical (unpaired) electrons. The number of carbonyl (C=O) groups is 2. The van der Waals surface area contributed by atoms with Crippen molar-refractivity contribution in [2.75, 3.05) is 4.90 Å². The van der Waals surface area contributed by atoms with Crippen LogP contribution in [0.25, 0.3) is 0 Å². The monoisotopic (exact) mass is 331 g/mol. The molecule has 2 aliphatic carbocycles. The summed E-state index contributed by atoms with van der Waals surface area (Å²) in [5, 5.41) is 0. The summed E-state index contributed by atoms with van der Waals surface area (Å²) in [6, 6.07) is 5.63. The number of carbonyl (C=O) groups excluding carboxylic acids is 2. The van der Waals surface area contributed by atoms with Gasteiger partial charge in [-0.1, -0.05) is 28.1 Å². The van der Waals surface area contributed by atoms with Crippen LogP contribution in [0.2, 0.25) is 0 Å². The van der Waals surface area contributed by atoms with Crippen molar-refractivity contribution in [2.24, 2.45) is 23.7 Å². The zero-order valence-electron chi connectivity index (χ0n) is 11.0. The summed E-state index contributed by atoms with van der Waals surface area (Å²) in [6.07, 6.45) is 5.21. The molecule has 3 aliphatic rings. The molecule has 4 atom stereocenters. The fraction of sp³-hybridized carbons (Fsp3) is 0.375. The number of hydrogen-bond acceptors (Lipinski definition) is 2. The molecule has 2 fully saturated rings. The Hall–Kier alpha value is -1.42. The highest BCUT2D eigenvalue weighted by Gasteiger charge is 2.59. The van der Waals surface area contributed by atoms with Gasteiger partial charge < -0.3 is 0 Å². The van der Waals surface area contributed by atoms with Crippen molar-refractivity contribution < 1.29 is 9.59 Å². The molecule has 20 heavy (non-hydrogen) atoms. The third-order valence-corrected chi connectivity index (χ3v) is 5.76. The number of imide groups is 1. The standard InChI is InChI=1S/C16H14BrNO2/c1-8-6-11(4-5-12(8)17)18-15(19)13-9-2-3-10(7-9)14(13)16(18)20/h2-6,9-10,13-14H,7H2,1H3/t9-,10+,13-,14+. The largest absolute Gasteiger partial charge is 0.274 e. The van der Waals surface area contributed by atoms with Crippen LogP contribution in [0.3, 0.4) is 0 Å². The average molecular weight is 332 g/mol. The first-order chi connectivity index (χ1) is 9.58. The van der Waals surface area contributed by atoms with Gasteiger partial charge in [0, 0.05) is 4.47 Å². The van der Waals surface area contributed by atoms with Crippen LogP contribution in [0, 0.1) is 30.6 Å². The molecular formula is C16H14BrNO2. The van der Waals surface area contributed by atoms with Crippen LogP contribution in [0.5, 0.6) is 0 Å². The minimum Gasteiger partial charge on any atom is -0.274 e. The Labute approximate surface area is 125 Å². The van der Waals surface area contributed by atoms with Crippen molar-refractivity contribution in [1.82, 2.24) is 0 Å². The molecule has 4 rings (SSSR count). The van der Waals surface area contributed by atoms with Gasteiger partial charge in [0.05, 0.1) is 17.5 Å². The first kappa shape index (κ1) is 12.3. The Kier molecular flexibility index (Phi) is 2.49. The van der Waals surface area contributed by atoms with Gasteiger partial charge in [-0.3, -0.25) is 14.5 Å². The number of allylic oxidation sites excluding steroid dienone is 2. The highest BCUT2D eigenvalue weighted by Crippen LogP contribution is 2.53. The summed E-state index contributed by atoms with van der Waals surface area (Å²) >= 11 is 3.45. The average Bonchev–Trinajstić information content (AvgIpc) is 3.08. The van der Waals surface area contributed by atoms with E-state index in [1.807, 2.05) is 25.1 Å². The highest BCUT2D eigenvalue weighted by atomic mass is 79.9. The van der Waals surface area contributed by atoms with E-state index in [2.05, 4.69) is 28.1 Å². The zero-order valence-corrected chi connectivity index (χ0v) is 12.6. The number of benzene rings is 1. The minimum atomic E-state index is -0.124. The maximum absolute atomic E-state index is 12.6. The summed E-state index contributed by atoms with van der Waals surface area (Å²) in [7, 11) is 0. The van der Waals surface area contributed by atoms with Crippen molar-refractivity contribution in [2.45, 2.75) is 13.3 Å². The number of aryl methyl sites for hydroxylation is 1. The third kappa shape index (κ3) is 1.46. The molecule has 4 heteroatoms. The fourth-order valence-electron chi connectivity index (χ4n) is 3.92. The molecule has 1 aromatic rings. The molecule has 102 valence electrons. The Morgan fingerprint density at radius 2 is 1.70 bits per heavy atom. The smallest absolute Gasteiger partial charge is 0.238 e. The molecule has 3 nitrogen and oxygen atoms in total. The van der Waals surface area contributed by atoms with E-state index in [4.69, 9.17) is 0 Å². The molecule has 0 N–H and O–H groups in total. The summed E-state index contributed by atoms with van der Waals surface area (Å²) < 4.78 is 0.988. The van der Waals surface area contributed by atoms with E-state index < -0.39 is 0 Å². The first-order valence-corrected chi connectivity index (χ1v) is 7.69. The number of halogens is 1. The second-order valence-electron chi connectivity index (χ2n) is 5.95. The van der Waals surface area contributed by atoms with Gasteiger partial charge >= 0.3 is 0 Å². The lowest BCUT2D eigenvalue weighted by molar-refractivity contribution is -0.123. The van der Waals surface area contributed by atoms with Crippen LogP contribution in [0.4, 0.5) is 5.69 Å². The molecule has 0 aromatic heterocycles. The maximum atomic E-state index is 12.6. The second-order valence-corrected chi connectivity index (χ2v) is 6.80. The predicted octanol–water partition coefficient (Wildman–Crippen LogP) is 3.07. The first-order valence-electron chi connectivity index (χ1n) is 6.90. The van der Waals surface area contributed by atoms with E-state index in [-0.39, 0.29) is 35.5 Å². The quantitative estimate of drug-likeness (QED) is 0.585. The predicted molar refractivity (Wildman–Crippen MR) is 79.1 cm³/mol. The summed E-state index contributed by atoms with van der Waals surface area (Å²) in [5.74, 6) is 0.256. The van der Waals surface area contributed by atoms with Gasteiger partial charge in [-0.2, -0.15) is 0 Å². The van der Waals surface area contributed by atoms with Crippen molar-refractivity contribution in [3.05, 3.63) is 40.4 Å². The Morgan fingerprint density at radius 1 is 1.10 bits per heavy atom. The second kappa shape index (κ2) is 4.04. The molecule has 1 heterocycles. The molecular weight excluding hydrogens is 318 g/mol. The Morgan fingerprint density at radius 3 is 2.25 bits per heavy atom. The van der Waals surface area contributed by atoms with Gasteiger partial charge in [0.25, 0.3) is 0 Å². The van der Waals surface area contributed by atoms with Crippen LogP contribution in [0.1, 0.15) is 12.0 Å². The maximum Gasteiger partial charge on any atom is 0.238 e. The van der Waals surface area contributed by atoms with Crippen LogP contribution < -0.4 is 4.90 Å². The summed E-state index contributed by atoms with van der Waals surface area (Å²) in [5.41, 5.74) is 1.73. The van der Waals surface area contributed by atoms with Gasteiger partial charge in [-0.15, -0.1) is 0 Å². The lowest BCUT2D eigenvalue weighted by Gasteiger charge is -2.18. The summed E-state index contributed by atoms with van der Waals surface area (Å²) in [6.45, 7) is 1.96. The van der Waals surface area contributed by atoms with Crippen LogP contribution >= 0.6 is 15.9 Å². The van der Waals surface area contributed by atoms with Crippen molar-refractivity contribution in [1.29, 1.82) is 0 Å². The molecule has 2 amide bonds. The normalized spacial score (nSPS) is 34.2. The van der Waals surface area contributed by atoms with E-state index >= 15 is 0 Å². The zero-order chi connectivity index (χ0) is 14.0. The number of rotatable bonds is 1. The lowest BCUT2D eigenvalue weighted by Crippen LogP contribution is -2.32. The molecule has 1 saturated heterocycles. The minimum absolute atomic E-state index is 0.0152. The number of amides is 2. The van der Waals surface area contributed by atoms with Crippen LogP contribution in [-0.4, -0.2) is 11.8 Å². The number of anilines is 1. The fourth-order valence-corrected chi connectivity index (χ4v) is 4.17. The number of hydrogen-bond donors (Lipinski definition) is 0. The van der Waals surface area contributed by atoms with Gasteiger partial charge in [-0.05, 0) is 48.9 Å². The van der Waals surface area contributed by atoms with Crippen LogP contribution in [0.15, 0.2) is 34.8 Å². The Balaban J connectivity index is 1.76. The molecule has 0 unspecified atom stereocenters. The number of fused-ring (bicyclic) bond motifs is 5. The molecule has 0 spiro atoms. The molecule has 1 aromatic carbocycles. The van der Waals surface area contributed by atoms with Crippen molar-refractivity contribution >= 4 is 33.4 Å². The SMILES string of the molecule is Cc1cc(N2C(=O)[C@@H]3[C@H](C2=O)[C@@H]2C=C[C@H]3C2)ccc1Br. The van der Waals surface area contributed by atoms with Crippen LogP contribution in [-0.2, 0) is 9.59 Å². The third-order valence-electron chi connectivity index (χ3n) is 4.87.